The zero-order valence-electron chi connectivity index (χ0n) is 32.7. The van der Waals surface area contributed by atoms with Gasteiger partial charge in [0.2, 0.25) is 0 Å². The maximum absolute atomic E-state index is 11.8. The lowest BCUT2D eigenvalue weighted by molar-refractivity contribution is 0.104. The predicted molar refractivity (Wildman–Crippen MR) is 246 cm³/mol. The first kappa shape index (κ1) is 37.4. The fourth-order valence-corrected chi connectivity index (χ4v) is 14.2. The number of hydrogen-bond acceptors (Lipinski definition) is 2. The van der Waals surface area contributed by atoms with Crippen LogP contribution in [-0.2, 0) is 4.74 Å². The number of ether oxygens (including phenoxy) is 1. The third-order valence-corrected chi connectivity index (χ3v) is 17.2. The van der Waals surface area contributed by atoms with Crippen molar-refractivity contribution in [1.82, 2.24) is 0 Å². The van der Waals surface area contributed by atoms with Gasteiger partial charge >= 0.3 is 5.95 Å². The number of hydrogen-bond donors (Lipinski definition) is 1. The molecule has 8 aromatic carbocycles. The van der Waals surface area contributed by atoms with Crippen LogP contribution in [0.25, 0.3) is 32.7 Å². The number of aryl methyl sites for hydroxylation is 4. The molecule has 0 fully saturated rings. The van der Waals surface area contributed by atoms with Crippen LogP contribution in [0.2, 0.25) is 0 Å². The minimum absolute atomic E-state index is 0.0548. The molecule has 0 bridgehead atoms. The maximum atomic E-state index is 11.8. The third-order valence-electron chi connectivity index (χ3n) is 10.7. The second-order valence-electron chi connectivity index (χ2n) is 14.7. The summed E-state index contributed by atoms with van der Waals surface area (Å²) in [5, 5.41) is 23.9. The van der Waals surface area contributed by atoms with Crippen molar-refractivity contribution in [2.24, 2.45) is 0 Å². The van der Waals surface area contributed by atoms with Crippen molar-refractivity contribution < 1.29 is 9.84 Å². The summed E-state index contributed by atoms with van der Waals surface area (Å²) in [7, 11) is -3.81. The van der Waals surface area contributed by atoms with Crippen molar-refractivity contribution in [3.8, 4) is 11.1 Å². The van der Waals surface area contributed by atoms with Crippen molar-refractivity contribution in [3.05, 3.63) is 204 Å². The molecule has 0 aliphatic heterocycles. The normalized spacial score (nSPS) is 12.1. The van der Waals surface area contributed by atoms with Gasteiger partial charge in [0.1, 0.15) is 23.2 Å². The average molecular weight is 766 g/mol. The Morgan fingerprint density at radius 2 is 0.946 bits per heavy atom. The van der Waals surface area contributed by atoms with Crippen molar-refractivity contribution in [2.75, 3.05) is 6.61 Å². The van der Waals surface area contributed by atoms with Gasteiger partial charge in [-0.3, -0.25) is 0 Å². The lowest BCUT2D eigenvalue weighted by atomic mass is 9.93. The summed E-state index contributed by atoms with van der Waals surface area (Å²) in [6.45, 7) is 10.9. The molecule has 8 rings (SSSR count). The molecule has 8 aromatic rings. The van der Waals surface area contributed by atoms with Crippen LogP contribution in [0.3, 0.4) is 0 Å². The minimum atomic E-state index is -2.80. The van der Waals surface area contributed by atoms with Crippen LogP contribution in [-0.4, -0.2) is 11.7 Å². The second kappa shape index (κ2) is 15.9. The van der Waals surface area contributed by atoms with Gasteiger partial charge in [-0.1, -0.05) is 162 Å². The van der Waals surface area contributed by atoms with E-state index < -0.39 is 15.2 Å². The summed E-state index contributed by atoms with van der Waals surface area (Å²) in [6.07, 6.45) is 0. The van der Waals surface area contributed by atoms with Gasteiger partial charge in [0.05, 0.1) is 6.61 Å². The van der Waals surface area contributed by atoms with E-state index in [9.17, 15) is 5.11 Å². The Kier molecular flexibility index (Phi) is 10.6. The van der Waals surface area contributed by atoms with Crippen molar-refractivity contribution in [3.63, 3.8) is 0 Å². The first-order chi connectivity index (χ1) is 27.3. The average Bonchev–Trinajstić information content (AvgIpc) is 3.22. The highest BCUT2D eigenvalue weighted by Gasteiger charge is 2.48. The van der Waals surface area contributed by atoms with Crippen LogP contribution in [0.4, 0.5) is 0 Å². The summed E-state index contributed by atoms with van der Waals surface area (Å²) < 4.78 is 5.96. The Balaban J connectivity index is 1.59. The van der Waals surface area contributed by atoms with E-state index in [0.717, 1.165) is 10.6 Å². The van der Waals surface area contributed by atoms with E-state index in [2.05, 4.69) is 198 Å². The zero-order chi connectivity index (χ0) is 38.8. The summed E-state index contributed by atoms with van der Waals surface area (Å²) in [5.74, 6) is 1.99. The molecule has 4 heteroatoms. The molecule has 0 heterocycles. The quantitative estimate of drug-likeness (QED) is 0.111. The van der Waals surface area contributed by atoms with Crippen LogP contribution in [0.15, 0.2) is 182 Å². The first-order valence-electron chi connectivity index (χ1n) is 19.3. The van der Waals surface area contributed by atoms with Gasteiger partial charge in [0, 0.05) is 11.1 Å². The lowest BCUT2D eigenvalue weighted by Gasteiger charge is -2.30. The predicted octanol–water partition coefficient (Wildman–Crippen LogP) is 11.3. The lowest BCUT2D eigenvalue weighted by Crippen LogP contribution is -2.32. The Labute approximate surface area is 333 Å². The summed E-state index contributed by atoms with van der Waals surface area (Å²) in [4.78, 5) is 0. The molecule has 276 valence electrons. The molecule has 0 aliphatic rings. The van der Waals surface area contributed by atoms with E-state index in [1.54, 1.807) is 0 Å². The van der Waals surface area contributed by atoms with Crippen LogP contribution < -0.4 is 31.8 Å². The molecule has 0 aliphatic carbocycles. The smallest absolute Gasteiger partial charge is 0.314 e. The molecule has 0 spiro atoms. The molecule has 2 nitrogen and oxygen atoms in total. The van der Waals surface area contributed by atoms with Crippen molar-refractivity contribution in [1.29, 1.82) is 0 Å². The molecule has 0 atom stereocenters. The Morgan fingerprint density at radius 1 is 0.518 bits per heavy atom. The van der Waals surface area contributed by atoms with Gasteiger partial charge in [-0.2, -0.15) is 0 Å². The largest absolute Gasteiger partial charge is 0.479 e. The molecule has 0 saturated carbocycles. The molecule has 0 radical (unpaired) electrons. The summed E-state index contributed by atoms with van der Waals surface area (Å²) in [5.41, 5.74) is 7.28. The Bertz CT molecular complexity index is 2590. The first-order valence-corrected chi connectivity index (χ1v) is 22.5. The molecule has 56 heavy (non-hydrogen) atoms. The molecule has 0 amide bonds. The summed E-state index contributed by atoms with van der Waals surface area (Å²) >= 11 is 0. The Morgan fingerprint density at radius 3 is 1.43 bits per heavy atom. The van der Waals surface area contributed by atoms with Gasteiger partial charge in [0.15, 0.2) is 5.82 Å². The number of benzene rings is 8. The minimum Gasteiger partial charge on any atom is -0.479 e. The van der Waals surface area contributed by atoms with E-state index in [-0.39, 0.29) is 5.95 Å². The monoisotopic (exact) mass is 765 g/mol. The molecule has 1 N–H and O–H groups in total. The van der Waals surface area contributed by atoms with Gasteiger partial charge in [0.25, 0.3) is 0 Å². The number of aliphatic hydroxyl groups is 1. The zero-order valence-corrected chi connectivity index (χ0v) is 34.5. The fourth-order valence-electron chi connectivity index (χ4n) is 7.90. The third kappa shape index (κ3) is 7.05. The maximum Gasteiger partial charge on any atom is 0.314 e. The summed E-state index contributed by atoms with van der Waals surface area (Å²) in [6, 6.07) is 63.0. The molecule has 0 aromatic heterocycles. The molecule has 0 unspecified atom stereocenters. The highest BCUT2D eigenvalue weighted by Crippen LogP contribution is 2.60. The Hall–Kier alpha value is -5.52. The second-order valence-corrected chi connectivity index (χ2v) is 20.1. The van der Waals surface area contributed by atoms with Crippen LogP contribution in [0, 0.1) is 27.7 Å². The van der Waals surface area contributed by atoms with E-state index in [1.807, 2.05) is 12.7 Å². The SMILES string of the molecule is CCO/C(O)=C/[P+](c1ccc(C)cc1)(c1ccc(C)cc1)c1ccc2ccccc2c1-c1c(P(c2ccc(C)cc2)c2ccc(C)cc2)ccc2ccccc12. The van der Waals surface area contributed by atoms with E-state index in [4.69, 9.17) is 4.74 Å². The number of rotatable bonds is 10. The standard InChI is InChI=1S/C52H46O2P2/c1-6-54-50(53)35-56(44-29-19-38(4)20-30-44,45-31-21-39(5)22-32-45)49-34-24-41-12-8-10-14-47(41)52(49)51-46-13-9-7-11-40(46)23-33-48(51)55(42-25-15-36(2)16-26-42)43-27-17-37(3)18-28-43/h7-35H,6H2,1-5H3/p+1/b50-35+. The molecular formula is C52H47O2P2+. The van der Waals surface area contributed by atoms with E-state index in [0.29, 0.717) is 6.61 Å². The van der Waals surface area contributed by atoms with Gasteiger partial charge in [-0.15, -0.1) is 0 Å². The fraction of sp³-hybridized carbons (Fsp3) is 0.115. The van der Waals surface area contributed by atoms with Crippen molar-refractivity contribution in [2.45, 2.75) is 34.6 Å². The van der Waals surface area contributed by atoms with E-state index in [1.165, 1.54) is 76.1 Å². The van der Waals surface area contributed by atoms with E-state index >= 15 is 0 Å². The highest BCUT2D eigenvalue weighted by molar-refractivity contribution is 7.98. The van der Waals surface area contributed by atoms with Crippen molar-refractivity contribution >= 4 is 68.6 Å². The molecule has 0 saturated heterocycles. The number of aliphatic hydroxyl groups excluding tert-OH is 1. The highest BCUT2D eigenvalue weighted by atomic mass is 31.2. The van der Waals surface area contributed by atoms with Crippen LogP contribution in [0.5, 0.6) is 0 Å². The van der Waals surface area contributed by atoms with Gasteiger partial charge in [-0.25, -0.2) is 0 Å². The van der Waals surface area contributed by atoms with Crippen LogP contribution >= 0.6 is 15.2 Å². The van der Waals surface area contributed by atoms with Gasteiger partial charge < -0.3 is 9.84 Å². The number of fused-ring (bicyclic) bond motifs is 2. The molecular weight excluding hydrogens is 719 g/mol. The van der Waals surface area contributed by atoms with Gasteiger partial charge in [-0.05, 0) is 110 Å². The van der Waals surface area contributed by atoms with Crippen LogP contribution in [0.1, 0.15) is 29.2 Å². The topological polar surface area (TPSA) is 29.5 Å².